The van der Waals surface area contributed by atoms with E-state index in [0.29, 0.717) is 22.1 Å². The summed E-state index contributed by atoms with van der Waals surface area (Å²) >= 11 is 11.5. The number of fused-ring (bicyclic) bond motifs is 12. The maximum atomic E-state index is 12.3. The zero-order valence-electron chi connectivity index (χ0n) is 34.5. The van der Waals surface area contributed by atoms with E-state index < -0.39 is 5.97 Å². The van der Waals surface area contributed by atoms with Gasteiger partial charge < -0.3 is 14.9 Å². The van der Waals surface area contributed by atoms with Crippen LogP contribution in [0.5, 0.6) is 0 Å². The lowest BCUT2D eigenvalue weighted by molar-refractivity contribution is -0.150. The lowest BCUT2D eigenvalue weighted by atomic mass is 9.76. The lowest BCUT2D eigenvalue weighted by Gasteiger charge is -2.58. The number of ether oxygens (including phenoxy) is 1. The SMILES string of the molecule is O=C(/C=C\c1ccc(Cl)cc1)OC1CCN2[C@@H]3C[C@@H](C[C@@H]2C1)N1CCCC[C@@H]1C3.O=C(O)/C=C/c1ccc(Cl)cc1.OC1CCN2[C@@H]3C[C@@H](C[C@@H]2C1)N1CCCC[C@@H]1C3. The number of halogens is 2. The first-order chi connectivity index (χ1) is 28.6. The molecule has 11 heteroatoms. The van der Waals surface area contributed by atoms with Crippen LogP contribution in [0.1, 0.15) is 114 Å². The smallest absolute Gasteiger partial charge is 0.331 e. The number of hydrogen-bond acceptors (Lipinski definition) is 8. The minimum absolute atomic E-state index is 0.0257. The van der Waals surface area contributed by atoms with Gasteiger partial charge in [0.15, 0.2) is 0 Å². The minimum atomic E-state index is -0.954. The Morgan fingerprint density at radius 1 is 0.525 bits per heavy atom. The summed E-state index contributed by atoms with van der Waals surface area (Å²) in [4.78, 5) is 33.6. The predicted molar refractivity (Wildman–Crippen MR) is 235 cm³/mol. The number of carbonyl (C=O) groups is 2. The van der Waals surface area contributed by atoms with E-state index in [-0.39, 0.29) is 18.2 Å². The molecule has 0 saturated carbocycles. The van der Waals surface area contributed by atoms with Crippen molar-refractivity contribution in [2.75, 3.05) is 26.2 Å². The van der Waals surface area contributed by atoms with E-state index in [0.717, 1.165) is 92.2 Å². The average Bonchev–Trinajstić information content (AvgIpc) is 3.24. The van der Waals surface area contributed by atoms with E-state index in [1.807, 2.05) is 24.3 Å². The van der Waals surface area contributed by atoms with Gasteiger partial charge in [-0.1, -0.05) is 60.3 Å². The summed E-state index contributed by atoms with van der Waals surface area (Å²) < 4.78 is 5.82. The van der Waals surface area contributed by atoms with Gasteiger partial charge in [0.05, 0.1) is 6.10 Å². The van der Waals surface area contributed by atoms with Crippen molar-refractivity contribution in [3.8, 4) is 0 Å². The van der Waals surface area contributed by atoms with Crippen molar-refractivity contribution in [3.63, 3.8) is 0 Å². The molecule has 0 amide bonds. The van der Waals surface area contributed by atoms with Crippen molar-refractivity contribution >= 4 is 47.3 Å². The number of carboxylic acid groups (broad SMARTS) is 1. The summed E-state index contributed by atoms with van der Waals surface area (Å²) in [6.45, 7) is 4.86. The Morgan fingerprint density at radius 2 is 0.949 bits per heavy atom. The van der Waals surface area contributed by atoms with E-state index in [2.05, 4.69) is 19.6 Å². The molecule has 8 saturated heterocycles. The van der Waals surface area contributed by atoms with Crippen LogP contribution < -0.4 is 0 Å². The quantitative estimate of drug-likeness (QED) is 0.227. The molecule has 2 unspecified atom stereocenters. The second kappa shape index (κ2) is 20.0. The van der Waals surface area contributed by atoms with Crippen LogP contribution in [0.25, 0.3) is 12.2 Å². The monoisotopic (exact) mass is 846 g/mol. The highest BCUT2D eigenvalue weighted by Crippen LogP contribution is 2.43. The van der Waals surface area contributed by atoms with E-state index in [1.54, 1.807) is 36.4 Å². The third-order valence-electron chi connectivity index (χ3n) is 14.8. The second-order valence-corrected chi connectivity index (χ2v) is 19.3. The molecule has 8 aliphatic heterocycles. The van der Waals surface area contributed by atoms with Crippen LogP contribution >= 0.6 is 23.2 Å². The molecular formula is C48H64Cl2N4O5. The number of aliphatic carboxylic acids is 1. The third kappa shape index (κ3) is 11.0. The van der Waals surface area contributed by atoms with E-state index >= 15 is 0 Å². The number of carbonyl (C=O) groups excluding carboxylic acids is 1. The number of piperidine rings is 8. The molecule has 8 fully saturated rings. The first-order valence-corrected chi connectivity index (χ1v) is 23.4. The van der Waals surface area contributed by atoms with Gasteiger partial charge in [-0.2, -0.15) is 0 Å². The standard InChI is InChI=1S/C24H31ClN2O2.C15H26N2O.C9H7ClO2/c25-18-7-4-17(5-8-18)6-9-24(28)29-23-10-12-27-20-13-19-3-1-2-11-26(19)21(14-20)15-22(27)16-23;18-15-4-6-17-12-7-11-3-1-2-5-16(11)13(8-12)9-14(17)10-15;10-8-4-1-7(2-5-8)3-6-9(11)12/h4-9,19-23H,1-3,10-16H2;11-15,18H,1-10H2;1-6H,(H,11,12)/b9-6-;;6-3+/t19-,20+,21+,22-,23?;11-,12+,13+,14-,15?;/m11./s1. The zero-order chi connectivity index (χ0) is 40.9. The maximum Gasteiger partial charge on any atom is 0.331 e. The number of hydrogen-bond donors (Lipinski definition) is 2. The Morgan fingerprint density at radius 3 is 1.46 bits per heavy atom. The van der Waals surface area contributed by atoms with Crippen LogP contribution in [0.4, 0.5) is 0 Å². The van der Waals surface area contributed by atoms with Gasteiger partial charge >= 0.3 is 11.9 Å². The van der Waals surface area contributed by atoms with Gasteiger partial charge in [0, 0.05) is 90.0 Å². The normalized spacial score (nSPS) is 34.5. The molecule has 8 heterocycles. The highest BCUT2D eigenvalue weighted by atomic mass is 35.5. The van der Waals surface area contributed by atoms with Gasteiger partial charge in [0.25, 0.3) is 0 Å². The van der Waals surface area contributed by atoms with Crippen molar-refractivity contribution in [3.05, 3.63) is 81.9 Å². The molecule has 59 heavy (non-hydrogen) atoms. The van der Waals surface area contributed by atoms with Crippen molar-refractivity contribution in [1.82, 2.24) is 19.6 Å². The van der Waals surface area contributed by atoms with Crippen LogP contribution in [0, 0.1) is 0 Å². The molecule has 10 rings (SSSR count). The van der Waals surface area contributed by atoms with Gasteiger partial charge in [-0.05, 0) is 144 Å². The number of aliphatic hydroxyl groups excluding tert-OH is 1. The molecular weight excluding hydrogens is 783 g/mol. The topological polar surface area (TPSA) is 96.8 Å². The summed E-state index contributed by atoms with van der Waals surface area (Å²) in [6, 6.07) is 20.5. The van der Waals surface area contributed by atoms with Crippen molar-refractivity contribution < 1.29 is 24.5 Å². The first-order valence-electron chi connectivity index (χ1n) is 22.7. The Kier molecular flexibility index (Phi) is 14.5. The molecule has 320 valence electrons. The Balaban J connectivity index is 0.000000137. The molecule has 0 spiro atoms. The highest BCUT2D eigenvalue weighted by molar-refractivity contribution is 6.30. The van der Waals surface area contributed by atoms with Gasteiger partial charge in [-0.15, -0.1) is 0 Å². The van der Waals surface area contributed by atoms with E-state index in [1.165, 1.54) is 96.2 Å². The molecule has 0 aromatic heterocycles. The Hall–Kier alpha value is -2.76. The van der Waals surface area contributed by atoms with E-state index in [4.69, 9.17) is 33.0 Å². The molecule has 2 N–H and O–H groups in total. The maximum absolute atomic E-state index is 12.3. The number of rotatable bonds is 5. The predicted octanol–water partition coefficient (Wildman–Crippen LogP) is 8.56. The minimum Gasteiger partial charge on any atom is -0.478 e. The molecule has 0 radical (unpaired) electrons. The molecule has 9 nitrogen and oxygen atoms in total. The molecule has 0 aliphatic carbocycles. The fourth-order valence-electron chi connectivity index (χ4n) is 12.2. The van der Waals surface area contributed by atoms with Gasteiger partial charge in [-0.3, -0.25) is 19.6 Å². The lowest BCUT2D eigenvalue weighted by Crippen LogP contribution is -2.65. The molecule has 8 aliphatic rings. The second-order valence-electron chi connectivity index (χ2n) is 18.5. The largest absolute Gasteiger partial charge is 0.478 e. The summed E-state index contributed by atoms with van der Waals surface area (Å²) in [5.41, 5.74) is 1.78. The van der Waals surface area contributed by atoms with Crippen molar-refractivity contribution in [2.24, 2.45) is 0 Å². The van der Waals surface area contributed by atoms with Crippen molar-refractivity contribution in [2.45, 2.75) is 163 Å². The summed E-state index contributed by atoms with van der Waals surface area (Å²) in [6.07, 6.45) is 26.5. The number of esters is 1. The Bertz CT molecular complexity index is 1780. The summed E-state index contributed by atoms with van der Waals surface area (Å²) in [5.74, 6) is -1.18. The molecule has 2 aromatic carbocycles. The molecule has 4 bridgehead atoms. The molecule has 2 aromatic rings. The highest BCUT2D eigenvalue weighted by Gasteiger charge is 2.48. The van der Waals surface area contributed by atoms with E-state index in [9.17, 15) is 14.7 Å². The van der Waals surface area contributed by atoms with Crippen molar-refractivity contribution in [1.29, 1.82) is 0 Å². The summed E-state index contributed by atoms with van der Waals surface area (Å²) in [5, 5.41) is 19.6. The first kappa shape index (κ1) is 42.9. The average molecular weight is 848 g/mol. The van der Waals surface area contributed by atoms with Crippen LogP contribution in [-0.2, 0) is 14.3 Å². The van der Waals surface area contributed by atoms with Crippen LogP contribution in [-0.4, -0.2) is 128 Å². The van der Waals surface area contributed by atoms with Crippen LogP contribution in [0.3, 0.4) is 0 Å². The number of nitrogens with zero attached hydrogens (tertiary/aromatic N) is 4. The fourth-order valence-corrected chi connectivity index (χ4v) is 12.4. The third-order valence-corrected chi connectivity index (χ3v) is 15.3. The zero-order valence-corrected chi connectivity index (χ0v) is 36.0. The molecule has 10 atom stereocenters. The Labute approximate surface area is 361 Å². The van der Waals surface area contributed by atoms with Crippen LogP contribution in [0.2, 0.25) is 10.0 Å². The van der Waals surface area contributed by atoms with Gasteiger partial charge in [-0.25, -0.2) is 9.59 Å². The van der Waals surface area contributed by atoms with Gasteiger partial charge in [0.1, 0.15) is 6.10 Å². The number of carboxylic acids is 1. The number of benzene rings is 2. The van der Waals surface area contributed by atoms with Gasteiger partial charge in [0.2, 0.25) is 0 Å². The summed E-state index contributed by atoms with van der Waals surface area (Å²) in [7, 11) is 0. The number of aliphatic hydroxyl groups is 1. The fraction of sp³-hybridized carbons (Fsp3) is 0.625. The van der Waals surface area contributed by atoms with Crippen LogP contribution in [0.15, 0.2) is 60.7 Å².